The van der Waals surface area contributed by atoms with Crippen molar-refractivity contribution < 1.29 is 14.3 Å². The minimum absolute atomic E-state index is 0.0212. The summed E-state index contributed by atoms with van der Waals surface area (Å²) in [5, 5.41) is 8.69. The van der Waals surface area contributed by atoms with Gasteiger partial charge >= 0.3 is 5.97 Å². The molecule has 0 spiro atoms. The molecule has 17 heavy (non-hydrogen) atoms. The van der Waals surface area contributed by atoms with Gasteiger partial charge in [0.15, 0.2) is 0 Å². The van der Waals surface area contributed by atoms with Crippen LogP contribution in [0.15, 0.2) is 42.6 Å². The number of benzene rings is 1. The van der Waals surface area contributed by atoms with Gasteiger partial charge in [-0.15, -0.1) is 0 Å². The lowest BCUT2D eigenvalue weighted by molar-refractivity contribution is 0.0690. The maximum Gasteiger partial charge on any atom is 0.354 e. The van der Waals surface area contributed by atoms with Crippen LogP contribution in [-0.2, 0) is 6.42 Å². The largest absolute Gasteiger partial charge is 0.477 e. The Kier molecular flexibility index (Phi) is 3.14. The van der Waals surface area contributed by atoms with Gasteiger partial charge in [-0.25, -0.2) is 14.2 Å². The number of hydrogen-bond acceptors (Lipinski definition) is 2. The number of pyridine rings is 1. The standard InChI is InChI=1S/C13H10FNO2/c14-11-4-1-9(2-5-11)7-10-3-6-12(13(16)17)15-8-10/h1-6,8H,7H2,(H,16,17). The Morgan fingerprint density at radius 1 is 1.12 bits per heavy atom. The van der Waals surface area contributed by atoms with Gasteiger partial charge in [-0.1, -0.05) is 18.2 Å². The zero-order valence-corrected chi connectivity index (χ0v) is 8.93. The number of hydrogen-bond donors (Lipinski definition) is 1. The van der Waals surface area contributed by atoms with E-state index in [0.717, 1.165) is 11.1 Å². The Bertz CT molecular complexity index is 520. The lowest BCUT2D eigenvalue weighted by Gasteiger charge is -2.02. The van der Waals surface area contributed by atoms with Gasteiger partial charge < -0.3 is 5.11 Å². The fourth-order valence-electron chi connectivity index (χ4n) is 1.49. The Morgan fingerprint density at radius 3 is 2.29 bits per heavy atom. The number of aromatic nitrogens is 1. The van der Waals surface area contributed by atoms with Crippen LogP contribution in [0.3, 0.4) is 0 Å². The van der Waals surface area contributed by atoms with Gasteiger partial charge in [-0.2, -0.15) is 0 Å². The first-order chi connectivity index (χ1) is 8.15. The van der Waals surface area contributed by atoms with E-state index in [2.05, 4.69) is 4.98 Å². The Morgan fingerprint density at radius 2 is 1.76 bits per heavy atom. The summed E-state index contributed by atoms with van der Waals surface area (Å²) >= 11 is 0. The van der Waals surface area contributed by atoms with Crippen molar-refractivity contribution in [2.45, 2.75) is 6.42 Å². The summed E-state index contributed by atoms with van der Waals surface area (Å²) in [5.74, 6) is -1.31. The van der Waals surface area contributed by atoms with E-state index in [1.165, 1.54) is 24.4 Å². The molecule has 0 bridgehead atoms. The first-order valence-electron chi connectivity index (χ1n) is 5.08. The molecule has 0 aliphatic rings. The van der Waals surface area contributed by atoms with E-state index in [1.54, 1.807) is 18.2 Å². The van der Waals surface area contributed by atoms with Crippen molar-refractivity contribution in [1.82, 2.24) is 4.98 Å². The molecular formula is C13H10FNO2. The van der Waals surface area contributed by atoms with Gasteiger partial charge in [0, 0.05) is 6.20 Å². The number of nitrogens with zero attached hydrogens (tertiary/aromatic N) is 1. The molecule has 0 unspecified atom stereocenters. The summed E-state index contributed by atoms with van der Waals surface area (Å²) in [6.07, 6.45) is 2.12. The van der Waals surface area contributed by atoms with Crippen LogP contribution in [0.4, 0.5) is 4.39 Å². The highest BCUT2D eigenvalue weighted by Gasteiger charge is 2.04. The van der Waals surface area contributed by atoms with E-state index >= 15 is 0 Å². The number of carboxylic acids is 1. The van der Waals surface area contributed by atoms with Crippen molar-refractivity contribution >= 4 is 5.97 Å². The summed E-state index contributed by atoms with van der Waals surface area (Å²) in [5.41, 5.74) is 1.87. The molecule has 0 saturated heterocycles. The number of carbonyl (C=O) groups is 1. The van der Waals surface area contributed by atoms with Crippen LogP contribution in [0.2, 0.25) is 0 Å². The van der Waals surface area contributed by atoms with E-state index < -0.39 is 5.97 Å². The minimum atomic E-state index is -1.04. The van der Waals surface area contributed by atoms with Crippen molar-refractivity contribution in [3.8, 4) is 0 Å². The van der Waals surface area contributed by atoms with Gasteiger partial charge in [-0.05, 0) is 35.7 Å². The predicted octanol–water partition coefficient (Wildman–Crippen LogP) is 2.51. The molecular weight excluding hydrogens is 221 g/mol. The second kappa shape index (κ2) is 4.74. The third-order valence-corrected chi connectivity index (χ3v) is 2.37. The molecule has 0 fully saturated rings. The number of aromatic carboxylic acids is 1. The van der Waals surface area contributed by atoms with Crippen LogP contribution in [-0.4, -0.2) is 16.1 Å². The van der Waals surface area contributed by atoms with Gasteiger partial charge in [0.2, 0.25) is 0 Å². The highest BCUT2D eigenvalue weighted by molar-refractivity contribution is 5.85. The van der Waals surface area contributed by atoms with E-state index in [-0.39, 0.29) is 11.5 Å². The topological polar surface area (TPSA) is 50.2 Å². The van der Waals surface area contributed by atoms with Crippen molar-refractivity contribution in [3.63, 3.8) is 0 Å². The SMILES string of the molecule is O=C(O)c1ccc(Cc2ccc(F)cc2)cn1. The first-order valence-corrected chi connectivity index (χ1v) is 5.08. The summed E-state index contributed by atoms with van der Waals surface area (Å²) < 4.78 is 12.7. The Balaban J connectivity index is 2.13. The molecule has 1 aromatic carbocycles. The molecule has 86 valence electrons. The first kappa shape index (κ1) is 11.3. The predicted molar refractivity (Wildman–Crippen MR) is 60.4 cm³/mol. The fourth-order valence-corrected chi connectivity index (χ4v) is 1.49. The molecule has 0 radical (unpaired) electrons. The van der Waals surface area contributed by atoms with Gasteiger partial charge in [-0.3, -0.25) is 0 Å². The van der Waals surface area contributed by atoms with Gasteiger partial charge in [0.1, 0.15) is 11.5 Å². The van der Waals surface area contributed by atoms with Crippen molar-refractivity contribution in [3.05, 3.63) is 65.2 Å². The second-order valence-electron chi connectivity index (χ2n) is 3.66. The van der Waals surface area contributed by atoms with Crippen LogP contribution in [0.1, 0.15) is 21.6 Å². The number of rotatable bonds is 3. The van der Waals surface area contributed by atoms with Crippen molar-refractivity contribution in [1.29, 1.82) is 0 Å². The van der Waals surface area contributed by atoms with Crippen LogP contribution < -0.4 is 0 Å². The van der Waals surface area contributed by atoms with Crippen LogP contribution in [0.5, 0.6) is 0 Å². The van der Waals surface area contributed by atoms with E-state index in [1.807, 2.05) is 0 Å². The molecule has 1 heterocycles. The molecule has 4 heteroatoms. The smallest absolute Gasteiger partial charge is 0.354 e. The molecule has 0 saturated carbocycles. The molecule has 0 aliphatic carbocycles. The van der Waals surface area contributed by atoms with Gasteiger partial charge in [0.05, 0.1) is 0 Å². The quantitative estimate of drug-likeness (QED) is 0.882. The minimum Gasteiger partial charge on any atom is -0.477 e. The van der Waals surface area contributed by atoms with E-state index in [9.17, 15) is 9.18 Å². The Hall–Kier alpha value is -2.23. The molecule has 0 aliphatic heterocycles. The normalized spacial score (nSPS) is 10.2. The molecule has 3 nitrogen and oxygen atoms in total. The van der Waals surface area contributed by atoms with Crippen LogP contribution in [0.25, 0.3) is 0 Å². The van der Waals surface area contributed by atoms with Crippen molar-refractivity contribution in [2.75, 3.05) is 0 Å². The fraction of sp³-hybridized carbons (Fsp3) is 0.0769. The average molecular weight is 231 g/mol. The maximum absolute atomic E-state index is 12.7. The molecule has 0 amide bonds. The lowest BCUT2D eigenvalue weighted by atomic mass is 10.1. The second-order valence-corrected chi connectivity index (χ2v) is 3.66. The average Bonchev–Trinajstić information content (AvgIpc) is 2.33. The third kappa shape index (κ3) is 2.87. The van der Waals surface area contributed by atoms with Crippen LogP contribution >= 0.6 is 0 Å². The molecule has 2 aromatic rings. The van der Waals surface area contributed by atoms with Crippen molar-refractivity contribution in [2.24, 2.45) is 0 Å². The summed E-state index contributed by atoms with van der Waals surface area (Å²) in [7, 11) is 0. The van der Waals surface area contributed by atoms with Gasteiger partial charge in [0.25, 0.3) is 0 Å². The summed E-state index contributed by atoms with van der Waals surface area (Å²) in [6, 6.07) is 9.35. The zero-order valence-electron chi connectivity index (χ0n) is 8.93. The zero-order chi connectivity index (χ0) is 12.3. The number of carboxylic acid groups (broad SMARTS) is 1. The summed E-state index contributed by atoms with van der Waals surface area (Å²) in [6.45, 7) is 0. The highest BCUT2D eigenvalue weighted by atomic mass is 19.1. The van der Waals surface area contributed by atoms with E-state index in [4.69, 9.17) is 5.11 Å². The lowest BCUT2D eigenvalue weighted by Crippen LogP contribution is -2.00. The maximum atomic E-state index is 12.7. The molecule has 0 atom stereocenters. The third-order valence-electron chi connectivity index (χ3n) is 2.37. The number of halogens is 1. The van der Waals surface area contributed by atoms with Crippen LogP contribution in [0, 0.1) is 5.82 Å². The molecule has 1 N–H and O–H groups in total. The molecule has 2 rings (SSSR count). The Labute approximate surface area is 97.6 Å². The molecule has 1 aromatic heterocycles. The summed E-state index contributed by atoms with van der Waals surface area (Å²) in [4.78, 5) is 14.4. The van der Waals surface area contributed by atoms with E-state index in [0.29, 0.717) is 6.42 Å². The monoisotopic (exact) mass is 231 g/mol. The highest BCUT2D eigenvalue weighted by Crippen LogP contribution is 2.10.